The topological polar surface area (TPSA) is 59.2 Å². The predicted molar refractivity (Wildman–Crippen MR) is 64.3 cm³/mol. The van der Waals surface area contributed by atoms with Crippen molar-refractivity contribution in [2.75, 3.05) is 0 Å². The number of halogens is 1. The Bertz CT molecular complexity index is 496. The van der Waals surface area contributed by atoms with Crippen LogP contribution in [0.4, 0.5) is 4.39 Å². The lowest BCUT2D eigenvalue weighted by molar-refractivity contribution is 0.152. The van der Waals surface area contributed by atoms with Crippen LogP contribution in [0.25, 0.3) is 11.4 Å². The zero-order valence-electron chi connectivity index (χ0n) is 10.1. The molecule has 1 atom stereocenters. The molecule has 0 amide bonds. The molecular weight excluding hydrogens is 235 g/mol. The van der Waals surface area contributed by atoms with Crippen LogP contribution >= 0.6 is 0 Å². The fourth-order valence-corrected chi connectivity index (χ4v) is 1.69. The Morgan fingerprint density at radius 3 is 2.72 bits per heavy atom. The molecule has 0 bridgehead atoms. The van der Waals surface area contributed by atoms with E-state index in [0.717, 1.165) is 6.42 Å². The summed E-state index contributed by atoms with van der Waals surface area (Å²) in [6, 6.07) is 5.87. The number of aliphatic hydroxyl groups excluding tert-OH is 1. The van der Waals surface area contributed by atoms with Crippen molar-refractivity contribution in [3.63, 3.8) is 0 Å². The number of hydrogen-bond acceptors (Lipinski definition) is 4. The third kappa shape index (κ3) is 3.13. The number of benzene rings is 1. The molecule has 4 nitrogen and oxygen atoms in total. The van der Waals surface area contributed by atoms with Gasteiger partial charge in [-0.2, -0.15) is 4.98 Å². The maximum Gasteiger partial charge on any atom is 0.229 e. The van der Waals surface area contributed by atoms with Crippen molar-refractivity contribution < 1.29 is 14.0 Å². The van der Waals surface area contributed by atoms with Crippen LogP contribution in [0.3, 0.4) is 0 Å². The predicted octanol–water partition coefficient (Wildman–Crippen LogP) is 2.58. The molecule has 1 unspecified atom stereocenters. The first-order valence-electron chi connectivity index (χ1n) is 5.95. The Kier molecular flexibility index (Phi) is 4.04. The van der Waals surface area contributed by atoms with Crippen molar-refractivity contribution in [2.45, 2.75) is 32.3 Å². The molecule has 0 radical (unpaired) electrons. The molecule has 1 heterocycles. The molecule has 96 valence electrons. The molecule has 0 saturated carbocycles. The Hall–Kier alpha value is -1.75. The number of rotatable bonds is 5. The quantitative estimate of drug-likeness (QED) is 0.886. The molecule has 2 rings (SSSR count). The highest BCUT2D eigenvalue weighted by atomic mass is 19.1. The Labute approximate surface area is 104 Å². The third-order valence-electron chi connectivity index (χ3n) is 2.60. The van der Waals surface area contributed by atoms with Gasteiger partial charge in [0.1, 0.15) is 5.82 Å². The highest BCUT2D eigenvalue weighted by Gasteiger charge is 2.12. The van der Waals surface area contributed by atoms with Gasteiger partial charge in [-0.15, -0.1) is 0 Å². The highest BCUT2D eigenvalue weighted by molar-refractivity contribution is 5.53. The molecule has 1 aromatic heterocycles. The molecule has 0 spiro atoms. The standard InChI is InChI=1S/C13H15FN2O2/c1-2-3-11(17)8-12-15-13(16-18-12)9-4-6-10(14)7-5-9/h4-7,11,17H,2-3,8H2,1H3. The number of aromatic nitrogens is 2. The summed E-state index contributed by atoms with van der Waals surface area (Å²) in [5.74, 6) is 0.504. The van der Waals surface area contributed by atoms with E-state index >= 15 is 0 Å². The van der Waals surface area contributed by atoms with E-state index in [2.05, 4.69) is 10.1 Å². The van der Waals surface area contributed by atoms with Crippen molar-refractivity contribution in [1.82, 2.24) is 10.1 Å². The first-order chi connectivity index (χ1) is 8.69. The van der Waals surface area contributed by atoms with E-state index in [1.54, 1.807) is 12.1 Å². The lowest BCUT2D eigenvalue weighted by Crippen LogP contribution is -2.09. The van der Waals surface area contributed by atoms with Gasteiger partial charge >= 0.3 is 0 Å². The third-order valence-corrected chi connectivity index (χ3v) is 2.60. The summed E-state index contributed by atoms with van der Waals surface area (Å²) in [6.07, 6.45) is 1.49. The van der Waals surface area contributed by atoms with E-state index in [1.807, 2.05) is 6.92 Å². The van der Waals surface area contributed by atoms with Gasteiger partial charge in [0.05, 0.1) is 12.5 Å². The summed E-state index contributed by atoms with van der Waals surface area (Å²) < 4.78 is 17.8. The summed E-state index contributed by atoms with van der Waals surface area (Å²) in [4.78, 5) is 4.17. The van der Waals surface area contributed by atoms with Crippen LogP contribution in [-0.2, 0) is 6.42 Å². The Balaban J connectivity index is 2.08. The normalized spacial score (nSPS) is 12.6. The average molecular weight is 250 g/mol. The van der Waals surface area contributed by atoms with Gasteiger partial charge in [-0.25, -0.2) is 4.39 Å². The van der Waals surface area contributed by atoms with Crippen LogP contribution in [0, 0.1) is 5.82 Å². The second-order valence-corrected chi connectivity index (χ2v) is 4.17. The molecule has 2 aromatic rings. The monoisotopic (exact) mass is 250 g/mol. The van der Waals surface area contributed by atoms with Crippen LogP contribution in [0.2, 0.25) is 0 Å². The van der Waals surface area contributed by atoms with Crippen molar-refractivity contribution in [1.29, 1.82) is 0 Å². The van der Waals surface area contributed by atoms with Crippen LogP contribution in [-0.4, -0.2) is 21.4 Å². The summed E-state index contributed by atoms with van der Waals surface area (Å²) in [7, 11) is 0. The van der Waals surface area contributed by atoms with Crippen molar-refractivity contribution in [3.8, 4) is 11.4 Å². The zero-order valence-corrected chi connectivity index (χ0v) is 10.1. The molecule has 0 aliphatic carbocycles. The van der Waals surface area contributed by atoms with Crippen LogP contribution in [0.15, 0.2) is 28.8 Å². The summed E-state index contributed by atoms with van der Waals surface area (Å²) >= 11 is 0. The first kappa shape index (κ1) is 12.7. The fourth-order valence-electron chi connectivity index (χ4n) is 1.69. The van der Waals surface area contributed by atoms with E-state index in [1.165, 1.54) is 12.1 Å². The summed E-state index contributed by atoms with van der Waals surface area (Å²) in [6.45, 7) is 2.00. The van der Waals surface area contributed by atoms with Crippen LogP contribution < -0.4 is 0 Å². The van der Waals surface area contributed by atoms with E-state index in [0.29, 0.717) is 30.1 Å². The van der Waals surface area contributed by atoms with Gasteiger partial charge in [0, 0.05) is 5.56 Å². The molecule has 5 heteroatoms. The largest absolute Gasteiger partial charge is 0.393 e. The summed E-state index contributed by atoms with van der Waals surface area (Å²) in [5, 5.41) is 13.5. The van der Waals surface area contributed by atoms with Crippen molar-refractivity contribution in [3.05, 3.63) is 36.0 Å². The van der Waals surface area contributed by atoms with Gasteiger partial charge in [-0.3, -0.25) is 0 Å². The number of nitrogens with zero attached hydrogens (tertiary/aromatic N) is 2. The maximum absolute atomic E-state index is 12.8. The van der Waals surface area contributed by atoms with Gasteiger partial charge in [0.15, 0.2) is 0 Å². The molecule has 18 heavy (non-hydrogen) atoms. The molecule has 1 aromatic carbocycles. The minimum atomic E-state index is -0.462. The van der Waals surface area contributed by atoms with Crippen LogP contribution in [0.5, 0.6) is 0 Å². The van der Waals surface area contributed by atoms with Gasteiger partial charge in [0.25, 0.3) is 0 Å². The second-order valence-electron chi connectivity index (χ2n) is 4.17. The van der Waals surface area contributed by atoms with Gasteiger partial charge in [-0.05, 0) is 30.7 Å². The number of aliphatic hydroxyl groups is 1. The molecule has 0 aliphatic rings. The fraction of sp³-hybridized carbons (Fsp3) is 0.385. The van der Waals surface area contributed by atoms with E-state index in [9.17, 15) is 9.50 Å². The van der Waals surface area contributed by atoms with Gasteiger partial charge in [-0.1, -0.05) is 18.5 Å². The van der Waals surface area contributed by atoms with Crippen molar-refractivity contribution >= 4 is 0 Å². The Morgan fingerprint density at radius 2 is 2.06 bits per heavy atom. The second kappa shape index (κ2) is 5.73. The van der Waals surface area contributed by atoms with E-state index < -0.39 is 6.10 Å². The van der Waals surface area contributed by atoms with Gasteiger partial charge < -0.3 is 9.63 Å². The molecule has 0 aliphatic heterocycles. The van der Waals surface area contributed by atoms with E-state index in [-0.39, 0.29) is 5.82 Å². The maximum atomic E-state index is 12.8. The van der Waals surface area contributed by atoms with Gasteiger partial charge in [0.2, 0.25) is 11.7 Å². The SMILES string of the molecule is CCCC(O)Cc1nc(-c2ccc(F)cc2)no1. The molecule has 1 N–H and O–H groups in total. The lowest BCUT2D eigenvalue weighted by atomic mass is 10.1. The Morgan fingerprint density at radius 1 is 1.33 bits per heavy atom. The van der Waals surface area contributed by atoms with E-state index in [4.69, 9.17) is 4.52 Å². The van der Waals surface area contributed by atoms with Crippen molar-refractivity contribution in [2.24, 2.45) is 0 Å². The number of hydrogen-bond donors (Lipinski definition) is 1. The smallest absolute Gasteiger partial charge is 0.229 e. The highest BCUT2D eigenvalue weighted by Crippen LogP contribution is 2.17. The average Bonchev–Trinajstić information content (AvgIpc) is 2.78. The molecule has 0 saturated heterocycles. The molecular formula is C13H15FN2O2. The minimum absolute atomic E-state index is 0.305. The lowest BCUT2D eigenvalue weighted by Gasteiger charge is -2.03. The molecule has 0 fully saturated rings. The minimum Gasteiger partial charge on any atom is -0.393 e. The summed E-state index contributed by atoms with van der Waals surface area (Å²) in [5.41, 5.74) is 0.691. The first-order valence-corrected chi connectivity index (χ1v) is 5.95. The zero-order chi connectivity index (χ0) is 13.0. The van der Waals surface area contributed by atoms with Crippen LogP contribution in [0.1, 0.15) is 25.7 Å².